The standard InChI is InChI=1S/C7H13N3O2/c1-10-4-3-8-7(10)9-5-6(11)12-2/h3-5H2,1-2H3,(H,8,9). The Kier molecular flexibility index (Phi) is 2.90. The molecule has 0 amide bonds. The van der Waals surface area contributed by atoms with Crippen molar-refractivity contribution in [1.82, 2.24) is 10.2 Å². The van der Waals surface area contributed by atoms with E-state index >= 15 is 0 Å². The van der Waals surface area contributed by atoms with Gasteiger partial charge >= 0.3 is 5.97 Å². The summed E-state index contributed by atoms with van der Waals surface area (Å²) in [5.41, 5.74) is 0. The lowest BCUT2D eigenvalue weighted by molar-refractivity contribution is -0.139. The molecule has 0 spiro atoms. The molecule has 1 aliphatic heterocycles. The maximum Gasteiger partial charge on any atom is 0.325 e. The van der Waals surface area contributed by atoms with Crippen molar-refractivity contribution in [1.29, 1.82) is 0 Å². The minimum absolute atomic E-state index is 0.180. The molecule has 0 bridgehead atoms. The zero-order chi connectivity index (χ0) is 8.97. The molecule has 0 radical (unpaired) electrons. The number of likely N-dealkylation sites (N-methyl/N-ethyl adjacent to an activating group) is 1. The Morgan fingerprint density at radius 3 is 3.08 bits per heavy atom. The van der Waals surface area contributed by atoms with E-state index in [1.54, 1.807) is 0 Å². The summed E-state index contributed by atoms with van der Waals surface area (Å²) in [5.74, 6) is 0.485. The van der Waals surface area contributed by atoms with Gasteiger partial charge in [-0.3, -0.25) is 9.79 Å². The summed E-state index contributed by atoms with van der Waals surface area (Å²) in [5, 5.41) is 2.88. The van der Waals surface area contributed by atoms with Crippen molar-refractivity contribution < 1.29 is 9.53 Å². The highest BCUT2D eigenvalue weighted by Crippen LogP contribution is 1.93. The smallest absolute Gasteiger partial charge is 0.325 e. The zero-order valence-electron chi connectivity index (χ0n) is 7.33. The number of guanidine groups is 1. The van der Waals surface area contributed by atoms with Crippen LogP contribution in [0.3, 0.4) is 0 Å². The first-order valence-corrected chi connectivity index (χ1v) is 3.80. The van der Waals surface area contributed by atoms with E-state index in [0.29, 0.717) is 0 Å². The Labute approximate surface area is 71.4 Å². The van der Waals surface area contributed by atoms with Crippen molar-refractivity contribution in [2.75, 3.05) is 33.8 Å². The summed E-state index contributed by atoms with van der Waals surface area (Å²) >= 11 is 0. The van der Waals surface area contributed by atoms with Crippen LogP contribution >= 0.6 is 0 Å². The van der Waals surface area contributed by atoms with Crippen molar-refractivity contribution in [3.05, 3.63) is 0 Å². The topological polar surface area (TPSA) is 53.9 Å². The van der Waals surface area contributed by atoms with Gasteiger partial charge in [0, 0.05) is 13.6 Å². The van der Waals surface area contributed by atoms with Gasteiger partial charge in [-0.05, 0) is 0 Å². The van der Waals surface area contributed by atoms with Crippen LogP contribution in [0.1, 0.15) is 0 Å². The molecule has 0 fully saturated rings. The fourth-order valence-corrected chi connectivity index (χ4v) is 0.947. The highest BCUT2D eigenvalue weighted by Gasteiger charge is 2.12. The molecule has 0 aromatic rings. The Balaban J connectivity index is 2.27. The third-order valence-electron chi connectivity index (χ3n) is 1.68. The van der Waals surface area contributed by atoms with Gasteiger partial charge in [0.05, 0.1) is 13.7 Å². The lowest BCUT2D eigenvalue weighted by Gasteiger charge is -2.13. The van der Waals surface area contributed by atoms with Gasteiger partial charge in [0.1, 0.15) is 6.54 Å². The molecule has 0 atom stereocenters. The number of rotatable bonds is 2. The SMILES string of the molecule is COC(=O)CNC1=NCCN1C. The van der Waals surface area contributed by atoms with E-state index in [2.05, 4.69) is 15.0 Å². The summed E-state index contributed by atoms with van der Waals surface area (Å²) in [6.07, 6.45) is 0. The normalized spacial score (nSPS) is 15.8. The van der Waals surface area contributed by atoms with E-state index in [4.69, 9.17) is 0 Å². The number of hydrogen-bond acceptors (Lipinski definition) is 5. The van der Waals surface area contributed by atoms with Crippen LogP contribution in [0.4, 0.5) is 0 Å². The largest absolute Gasteiger partial charge is 0.468 e. The second kappa shape index (κ2) is 3.94. The van der Waals surface area contributed by atoms with Gasteiger partial charge < -0.3 is 15.0 Å². The Hall–Kier alpha value is -1.26. The number of ether oxygens (including phenoxy) is 1. The zero-order valence-corrected chi connectivity index (χ0v) is 7.33. The molecule has 1 N–H and O–H groups in total. The number of hydrogen-bond donors (Lipinski definition) is 1. The quantitative estimate of drug-likeness (QED) is 0.544. The number of aliphatic imine (C=N–C) groups is 1. The highest BCUT2D eigenvalue weighted by molar-refractivity contribution is 5.85. The lowest BCUT2D eigenvalue weighted by Crippen LogP contribution is -2.38. The fourth-order valence-electron chi connectivity index (χ4n) is 0.947. The van der Waals surface area contributed by atoms with Crippen LogP contribution < -0.4 is 5.32 Å². The predicted octanol–water partition coefficient (Wildman–Crippen LogP) is -0.950. The molecule has 0 saturated carbocycles. The molecule has 0 aromatic carbocycles. The van der Waals surface area contributed by atoms with Crippen LogP contribution in [0.5, 0.6) is 0 Å². The number of nitrogens with one attached hydrogen (secondary N) is 1. The number of nitrogens with zero attached hydrogens (tertiary/aromatic N) is 2. The first-order chi connectivity index (χ1) is 5.74. The predicted molar refractivity (Wildman–Crippen MR) is 45.0 cm³/mol. The monoisotopic (exact) mass is 171 g/mol. The molecule has 0 saturated heterocycles. The van der Waals surface area contributed by atoms with E-state index in [9.17, 15) is 4.79 Å². The van der Waals surface area contributed by atoms with Gasteiger partial charge in [-0.25, -0.2) is 0 Å². The van der Waals surface area contributed by atoms with Crippen LogP contribution in [0.15, 0.2) is 4.99 Å². The van der Waals surface area contributed by atoms with Gasteiger partial charge in [0.15, 0.2) is 5.96 Å². The van der Waals surface area contributed by atoms with E-state index in [-0.39, 0.29) is 12.5 Å². The molecule has 0 unspecified atom stereocenters. The van der Waals surface area contributed by atoms with Gasteiger partial charge in [0.25, 0.3) is 0 Å². The van der Waals surface area contributed by atoms with Crippen LogP contribution in [0.2, 0.25) is 0 Å². The van der Waals surface area contributed by atoms with Crippen LogP contribution in [0.25, 0.3) is 0 Å². The molecule has 5 heteroatoms. The maximum atomic E-state index is 10.7. The van der Waals surface area contributed by atoms with E-state index < -0.39 is 0 Å². The van der Waals surface area contributed by atoms with Crippen molar-refractivity contribution in [2.24, 2.45) is 4.99 Å². The summed E-state index contributed by atoms with van der Waals surface area (Å²) in [7, 11) is 3.29. The third kappa shape index (κ3) is 2.11. The summed E-state index contributed by atoms with van der Waals surface area (Å²) in [4.78, 5) is 16.8. The number of methoxy groups -OCH3 is 1. The second-order valence-electron chi connectivity index (χ2n) is 2.56. The minimum atomic E-state index is -0.280. The van der Waals surface area contributed by atoms with Crippen molar-refractivity contribution in [3.8, 4) is 0 Å². The second-order valence-corrected chi connectivity index (χ2v) is 2.56. The third-order valence-corrected chi connectivity index (χ3v) is 1.68. The maximum absolute atomic E-state index is 10.7. The lowest BCUT2D eigenvalue weighted by atomic mass is 10.6. The van der Waals surface area contributed by atoms with Gasteiger partial charge in [-0.1, -0.05) is 0 Å². The Morgan fingerprint density at radius 2 is 2.58 bits per heavy atom. The molecule has 12 heavy (non-hydrogen) atoms. The number of carbonyl (C=O) groups excluding carboxylic acids is 1. The first kappa shape index (κ1) is 8.83. The van der Waals surface area contributed by atoms with Gasteiger partial charge in [-0.2, -0.15) is 0 Å². The fraction of sp³-hybridized carbons (Fsp3) is 0.714. The molecule has 0 aromatic heterocycles. The highest BCUT2D eigenvalue weighted by atomic mass is 16.5. The molecule has 1 rings (SSSR count). The molecule has 0 aliphatic carbocycles. The van der Waals surface area contributed by atoms with Crippen LogP contribution in [-0.2, 0) is 9.53 Å². The van der Waals surface area contributed by atoms with Crippen molar-refractivity contribution in [3.63, 3.8) is 0 Å². The van der Waals surface area contributed by atoms with E-state index in [0.717, 1.165) is 19.0 Å². The molecule has 1 aliphatic rings. The Morgan fingerprint density at radius 1 is 1.83 bits per heavy atom. The van der Waals surface area contributed by atoms with E-state index in [1.165, 1.54) is 7.11 Å². The molecular weight excluding hydrogens is 158 g/mol. The molecular formula is C7H13N3O2. The van der Waals surface area contributed by atoms with Crippen molar-refractivity contribution in [2.45, 2.75) is 0 Å². The molecule has 1 heterocycles. The average Bonchev–Trinajstić information content (AvgIpc) is 2.47. The van der Waals surface area contributed by atoms with Gasteiger partial charge in [-0.15, -0.1) is 0 Å². The minimum Gasteiger partial charge on any atom is -0.468 e. The van der Waals surface area contributed by atoms with Crippen LogP contribution in [0, 0.1) is 0 Å². The number of esters is 1. The molecule has 68 valence electrons. The number of carbonyl (C=O) groups is 1. The first-order valence-electron chi connectivity index (χ1n) is 3.80. The average molecular weight is 171 g/mol. The molecule has 5 nitrogen and oxygen atoms in total. The van der Waals surface area contributed by atoms with Gasteiger partial charge in [0.2, 0.25) is 0 Å². The van der Waals surface area contributed by atoms with E-state index in [1.807, 2.05) is 11.9 Å². The summed E-state index contributed by atoms with van der Waals surface area (Å²) in [6.45, 7) is 1.88. The Bertz CT molecular complexity index is 203. The van der Waals surface area contributed by atoms with Crippen LogP contribution in [-0.4, -0.2) is 50.6 Å². The van der Waals surface area contributed by atoms with Crippen molar-refractivity contribution >= 4 is 11.9 Å². The summed E-state index contributed by atoms with van der Waals surface area (Å²) in [6, 6.07) is 0. The summed E-state index contributed by atoms with van der Waals surface area (Å²) < 4.78 is 4.47.